The molecule has 0 saturated carbocycles. The largest absolute Gasteiger partial charge is 0.497 e. The zero-order valence-corrected chi connectivity index (χ0v) is 15.1. The van der Waals surface area contributed by atoms with Crippen molar-refractivity contribution in [3.63, 3.8) is 0 Å². The molecular formula is C18H31N3O2. The highest BCUT2D eigenvalue weighted by Gasteiger charge is 2.20. The average Bonchev–Trinajstić information content (AvgIpc) is 2.57. The van der Waals surface area contributed by atoms with Crippen LogP contribution in [0.1, 0.15) is 32.8 Å². The van der Waals surface area contributed by atoms with Gasteiger partial charge in [-0.05, 0) is 31.0 Å². The summed E-state index contributed by atoms with van der Waals surface area (Å²) in [7, 11) is 3.47. The molecule has 0 spiro atoms. The van der Waals surface area contributed by atoms with Gasteiger partial charge in [0.05, 0.1) is 7.11 Å². The van der Waals surface area contributed by atoms with E-state index in [9.17, 15) is 0 Å². The quantitative estimate of drug-likeness (QED) is 0.417. The highest BCUT2D eigenvalue weighted by molar-refractivity contribution is 5.79. The van der Waals surface area contributed by atoms with Gasteiger partial charge in [-0.2, -0.15) is 0 Å². The molecule has 0 aliphatic heterocycles. The summed E-state index contributed by atoms with van der Waals surface area (Å²) in [5.41, 5.74) is 1.26. The Balaban J connectivity index is 2.45. The van der Waals surface area contributed by atoms with Gasteiger partial charge in [-0.15, -0.1) is 0 Å². The van der Waals surface area contributed by atoms with Crippen LogP contribution in [0.15, 0.2) is 29.3 Å². The molecule has 0 radical (unpaired) electrons. The van der Waals surface area contributed by atoms with Crippen LogP contribution in [0.4, 0.5) is 0 Å². The minimum absolute atomic E-state index is 0.00475. The third-order valence-electron chi connectivity index (χ3n) is 3.75. The molecule has 5 nitrogen and oxygen atoms in total. The van der Waals surface area contributed by atoms with Gasteiger partial charge in [0, 0.05) is 38.8 Å². The molecule has 1 rings (SSSR count). The first kappa shape index (κ1) is 19.3. The Morgan fingerprint density at radius 2 is 1.87 bits per heavy atom. The van der Waals surface area contributed by atoms with E-state index in [0.717, 1.165) is 44.4 Å². The molecule has 0 aromatic heterocycles. The van der Waals surface area contributed by atoms with Crippen LogP contribution in [0.5, 0.6) is 5.75 Å². The van der Waals surface area contributed by atoms with Crippen molar-refractivity contribution in [2.75, 3.05) is 40.5 Å². The second-order valence-electron chi connectivity index (χ2n) is 6.02. The van der Waals surface area contributed by atoms with Crippen molar-refractivity contribution in [2.24, 2.45) is 4.99 Å². The summed E-state index contributed by atoms with van der Waals surface area (Å²) in [5, 5.41) is 6.70. The molecule has 0 aliphatic carbocycles. The van der Waals surface area contributed by atoms with Gasteiger partial charge in [-0.3, -0.25) is 4.99 Å². The number of ether oxygens (including phenoxy) is 2. The second kappa shape index (κ2) is 10.1. The van der Waals surface area contributed by atoms with E-state index in [1.54, 1.807) is 14.2 Å². The van der Waals surface area contributed by atoms with E-state index in [-0.39, 0.29) is 5.41 Å². The first-order valence-electron chi connectivity index (χ1n) is 8.20. The van der Waals surface area contributed by atoms with Crippen molar-refractivity contribution in [2.45, 2.75) is 32.6 Å². The van der Waals surface area contributed by atoms with Crippen molar-refractivity contribution < 1.29 is 9.47 Å². The maximum absolute atomic E-state index is 5.33. The van der Waals surface area contributed by atoms with Gasteiger partial charge < -0.3 is 20.1 Å². The van der Waals surface area contributed by atoms with Gasteiger partial charge in [-0.25, -0.2) is 0 Å². The van der Waals surface area contributed by atoms with E-state index in [4.69, 9.17) is 9.47 Å². The van der Waals surface area contributed by atoms with Gasteiger partial charge >= 0.3 is 0 Å². The fourth-order valence-electron chi connectivity index (χ4n) is 2.19. The third kappa shape index (κ3) is 6.91. The Morgan fingerprint density at radius 1 is 1.17 bits per heavy atom. The van der Waals surface area contributed by atoms with Crippen LogP contribution in [0.25, 0.3) is 0 Å². The Hall–Kier alpha value is -1.75. The van der Waals surface area contributed by atoms with Crippen molar-refractivity contribution in [1.29, 1.82) is 0 Å². The van der Waals surface area contributed by atoms with Gasteiger partial charge in [-0.1, -0.05) is 26.0 Å². The summed E-state index contributed by atoms with van der Waals surface area (Å²) in [6.07, 6.45) is 0.969. The molecule has 2 N–H and O–H groups in total. The van der Waals surface area contributed by atoms with Crippen molar-refractivity contribution >= 4 is 5.96 Å². The molecule has 0 atom stereocenters. The zero-order valence-electron chi connectivity index (χ0n) is 15.1. The van der Waals surface area contributed by atoms with Gasteiger partial charge in [0.15, 0.2) is 5.96 Å². The maximum Gasteiger partial charge on any atom is 0.191 e. The monoisotopic (exact) mass is 321 g/mol. The minimum atomic E-state index is -0.00475. The lowest BCUT2D eigenvalue weighted by Gasteiger charge is -2.27. The molecule has 5 heteroatoms. The van der Waals surface area contributed by atoms with Crippen LogP contribution in [-0.4, -0.2) is 46.4 Å². The van der Waals surface area contributed by atoms with Crippen LogP contribution in [0.3, 0.4) is 0 Å². The number of hydrogen-bond acceptors (Lipinski definition) is 3. The Kier molecular flexibility index (Phi) is 8.48. The summed E-state index contributed by atoms with van der Waals surface area (Å²) in [4.78, 5) is 4.26. The van der Waals surface area contributed by atoms with Crippen LogP contribution in [0, 0.1) is 0 Å². The Labute approximate surface area is 140 Å². The molecule has 0 bridgehead atoms. The summed E-state index contributed by atoms with van der Waals surface area (Å²) in [6.45, 7) is 9.62. The summed E-state index contributed by atoms with van der Waals surface area (Å²) in [5.74, 6) is 1.70. The number of hydrogen-bond donors (Lipinski definition) is 2. The summed E-state index contributed by atoms with van der Waals surface area (Å²) < 4.78 is 10.5. The maximum atomic E-state index is 5.33. The molecule has 0 saturated heterocycles. The number of benzene rings is 1. The number of methoxy groups -OCH3 is 1. The second-order valence-corrected chi connectivity index (χ2v) is 6.02. The predicted octanol–water partition coefficient (Wildman–Crippen LogP) is 2.56. The van der Waals surface area contributed by atoms with Crippen molar-refractivity contribution in [3.8, 4) is 5.75 Å². The van der Waals surface area contributed by atoms with Crippen LogP contribution in [-0.2, 0) is 10.2 Å². The zero-order chi connectivity index (χ0) is 17.1. The van der Waals surface area contributed by atoms with Gasteiger partial charge in [0.1, 0.15) is 5.75 Å². The van der Waals surface area contributed by atoms with Crippen molar-refractivity contribution in [1.82, 2.24) is 10.6 Å². The first-order chi connectivity index (χ1) is 11.0. The SMILES string of the molecule is CCOCCCNC(=NC)NCC(C)(C)c1ccc(OC)cc1. The molecule has 1 aromatic carbocycles. The Bertz CT molecular complexity index is 470. The first-order valence-corrected chi connectivity index (χ1v) is 8.20. The number of nitrogens with one attached hydrogen (secondary N) is 2. The average molecular weight is 321 g/mol. The van der Waals surface area contributed by atoms with E-state index >= 15 is 0 Å². The molecule has 23 heavy (non-hydrogen) atoms. The number of guanidine groups is 1. The van der Waals surface area contributed by atoms with Crippen LogP contribution in [0.2, 0.25) is 0 Å². The molecule has 0 amide bonds. The van der Waals surface area contributed by atoms with E-state index in [2.05, 4.69) is 41.6 Å². The van der Waals surface area contributed by atoms with Gasteiger partial charge in [0.2, 0.25) is 0 Å². The minimum Gasteiger partial charge on any atom is -0.497 e. The lowest BCUT2D eigenvalue weighted by Crippen LogP contribution is -2.43. The molecule has 0 aliphatic rings. The summed E-state index contributed by atoms with van der Waals surface area (Å²) >= 11 is 0. The standard InChI is InChI=1S/C18H31N3O2/c1-6-23-13-7-12-20-17(19-4)21-14-18(2,3)15-8-10-16(22-5)11-9-15/h8-11H,6-7,12-14H2,1-5H3,(H2,19,20,21). The number of aliphatic imine (C=N–C) groups is 1. The molecule has 1 aromatic rings. The molecule has 130 valence electrons. The Morgan fingerprint density at radius 3 is 2.43 bits per heavy atom. The van der Waals surface area contributed by atoms with Crippen LogP contribution >= 0.6 is 0 Å². The molecule has 0 heterocycles. The fraction of sp³-hybridized carbons (Fsp3) is 0.611. The molecule has 0 unspecified atom stereocenters. The highest BCUT2D eigenvalue weighted by atomic mass is 16.5. The lowest BCUT2D eigenvalue weighted by molar-refractivity contribution is 0.145. The van der Waals surface area contributed by atoms with E-state index < -0.39 is 0 Å². The van der Waals surface area contributed by atoms with E-state index in [0.29, 0.717) is 0 Å². The van der Waals surface area contributed by atoms with E-state index in [1.165, 1.54) is 5.56 Å². The number of rotatable bonds is 9. The van der Waals surface area contributed by atoms with Gasteiger partial charge in [0.25, 0.3) is 0 Å². The van der Waals surface area contributed by atoms with E-state index in [1.807, 2.05) is 19.1 Å². The molecular weight excluding hydrogens is 290 g/mol. The summed E-state index contributed by atoms with van der Waals surface area (Å²) in [6, 6.07) is 8.22. The number of nitrogens with zero attached hydrogens (tertiary/aromatic N) is 1. The lowest BCUT2D eigenvalue weighted by atomic mass is 9.84. The topological polar surface area (TPSA) is 54.9 Å². The smallest absolute Gasteiger partial charge is 0.191 e. The third-order valence-corrected chi connectivity index (χ3v) is 3.75. The van der Waals surface area contributed by atoms with Crippen LogP contribution < -0.4 is 15.4 Å². The predicted molar refractivity (Wildman–Crippen MR) is 96.5 cm³/mol. The fourth-order valence-corrected chi connectivity index (χ4v) is 2.19. The molecule has 0 fully saturated rings. The normalized spacial score (nSPS) is 12.1. The van der Waals surface area contributed by atoms with Crippen molar-refractivity contribution in [3.05, 3.63) is 29.8 Å². The highest BCUT2D eigenvalue weighted by Crippen LogP contribution is 2.24.